The van der Waals surface area contributed by atoms with Gasteiger partial charge >= 0.3 is 12.1 Å². The molecule has 3 amide bonds. The highest BCUT2D eigenvalue weighted by Gasteiger charge is 2.31. The average molecular weight is 487 g/mol. The van der Waals surface area contributed by atoms with Gasteiger partial charge in [-0.25, -0.2) is 24.5 Å². The van der Waals surface area contributed by atoms with Gasteiger partial charge in [-0.2, -0.15) is 4.98 Å². The third-order valence-corrected chi connectivity index (χ3v) is 5.92. The number of urea groups is 1. The van der Waals surface area contributed by atoms with Crippen molar-refractivity contribution < 1.29 is 24.2 Å². The molecule has 1 saturated carbocycles. The Morgan fingerprint density at radius 3 is 2.74 bits per heavy atom. The monoisotopic (exact) mass is 486 g/mol. The second kappa shape index (κ2) is 11.1. The number of aliphatic hydroxyl groups is 1. The van der Waals surface area contributed by atoms with Gasteiger partial charge < -0.3 is 24.4 Å². The minimum Gasteiger partial charge on any atom is -0.477 e. The number of piperidine rings is 1. The highest BCUT2D eigenvalue weighted by Crippen LogP contribution is 2.24. The molecule has 2 aromatic rings. The van der Waals surface area contributed by atoms with Crippen LogP contribution in [0, 0.1) is 0 Å². The molecule has 0 bridgehead atoms. The highest BCUT2D eigenvalue weighted by atomic mass is 16.6. The Bertz CT molecular complexity index is 1020. The van der Waals surface area contributed by atoms with E-state index in [0.29, 0.717) is 49.5 Å². The normalized spacial score (nSPS) is 21.5. The smallest absolute Gasteiger partial charge is 0.413 e. The van der Waals surface area contributed by atoms with Crippen molar-refractivity contribution in [1.29, 1.82) is 0 Å². The summed E-state index contributed by atoms with van der Waals surface area (Å²) in [7, 11) is 1.73. The second-order valence-electron chi connectivity index (χ2n) is 8.48. The number of nitrogens with one attached hydrogen (secondary N) is 2. The largest absolute Gasteiger partial charge is 0.477 e. The third kappa shape index (κ3) is 6.44. The number of carbonyl (C=O) groups is 2. The number of anilines is 3. The van der Waals surface area contributed by atoms with Crippen molar-refractivity contribution in [2.45, 2.75) is 50.9 Å². The summed E-state index contributed by atoms with van der Waals surface area (Å²) in [5, 5.41) is 14.7. The van der Waals surface area contributed by atoms with Crippen LogP contribution in [0.1, 0.15) is 32.6 Å². The lowest BCUT2D eigenvalue weighted by molar-refractivity contribution is -0.0308. The zero-order valence-corrected chi connectivity index (χ0v) is 19.8. The van der Waals surface area contributed by atoms with Crippen molar-refractivity contribution >= 4 is 29.7 Å². The van der Waals surface area contributed by atoms with Crippen LogP contribution in [0.2, 0.25) is 0 Å². The van der Waals surface area contributed by atoms with E-state index in [4.69, 9.17) is 9.47 Å². The molecule has 0 radical (unpaired) electrons. The van der Waals surface area contributed by atoms with Crippen LogP contribution in [-0.2, 0) is 4.74 Å². The Morgan fingerprint density at radius 2 is 2.03 bits per heavy atom. The van der Waals surface area contributed by atoms with Gasteiger partial charge in [-0.05, 0) is 25.8 Å². The summed E-state index contributed by atoms with van der Waals surface area (Å²) in [6.07, 6.45) is 5.76. The molecule has 3 heterocycles. The second-order valence-corrected chi connectivity index (χ2v) is 8.48. The van der Waals surface area contributed by atoms with Crippen molar-refractivity contribution in [3.8, 4) is 5.88 Å². The van der Waals surface area contributed by atoms with E-state index in [0.717, 1.165) is 19.4 Å². The van der Waals surface area contributed by atoms with Crippen LogP contribution in [0.5, 0.6) is 5.88 Å². The third-order valence-electron chi connectivity index (χ3n) is 5.92. The molecule has 13 nitrogen and oxygen atoms in total. The predicted octanol–water partition coefficient (Wildman–Crippen LogP) is 1.87. The van der Waals surface area contributed by atoms with E-state index in [1.807, 2.05) is 11.8 Å². The summed E-state index contributed by atoms with van der Waals surface area (Å²) in [5.41, 5.74) is 0. The first-order valence-corrected chi connectivity index (χ1v) is 11.6. The fraction of sp³-hybridized carbons (Fsp3) is 0.545. The lowest BCUT2D eigenvalue weighted by Gasteiger charge is -2.37. The van der Waals surface area contributed by atoms with Crippen molar-refractivity contribution in [3.63, 3.8) is 0 Å². The number of likely N-dealkylation sites (N-methyl/N-ethyl adjacent to an activating group) is 1. The molecule has 0 spiro atoms. The van der Waals surface area contributed by atoms with E-state index in [9.17, 15) is 14.7 Å². The average Bonchev–Trinajstić information content (AvgIpc) is 2.84. The van der Waals surface area contributed by atoms with Crippen LogP contribution >= 0.6 is 0 Å². The molecule has 2 aliphatic rings. The van der Waals surface area contributed by atoms with E-state index in [-0.39, 0.29) is 18.2 Å². The molecule has 188 valence electrons. The van der Waals surface area contributed by atoms with Gasteiger partial charge in [-0.3, -0.25) is 10.6 Å². The maximum Gasteiger partial charge on any atom is 0.413 e. The van der Waals surface area contributed by atoms with Gasteiger partial charge in [0.05, 0.1) is 31.1 Å². The Labute approximate surface area is 202 Å². The summed E-state index contributed by atoms with van der Waals surface area (Å²) in [5.74, 6) is 1.51. The first kappa shape index (κ1) is 24.4. The van der Waals surface area contributed by atoms with E-state index < -0.39 is 12.2 Å². The number of rotatable bonds is 7. The Morgan fingerprint density at radius 1 is 1.20 bits per heavy atom. The predicted molar refractivity (Wildman–Crippen MR) is 126 cm³/mol. The van der Waals surface area contributed by atoms with E-state index in [1.165, 1.54) is 12.4 Å². The Balaban J connectivity index is 1.32. The topological polar surface area (TPSA) is 155 Å². The highest BCUT2D eigenvalue weighted by molar-refractivity contribution is 5.88. The number of hydrogen-bond donors (Lipinski definition) is 3. The Hall–Kier alpha value is -3.74. The quantitative estimate of drug-likeness (QED) is 0.528. The molecular weight excluding hydrogens is 456 g/mol. The van der Waals surface area contributed by atoms with Gasteiger partial charge in [0.2, 0.25) is 11.8 Å². The van der Waals surface area contributed by atoms with Crippen LogP contribution in [-0.4, -0.2) is 87.1 Å². The number of carbonyl (C=O) groups excluding carboxylic acids is 2. The zero-order chi connectivity index (χ0) is 24.8. The molecule has 4 rings (SSSR count). The van der Waals surface area contributed by atoms with Gasteiger partial charge in [-0.1, -0.05) is 0 Å². The standard InChI is InChI=1S/C22H30N8O5/c1-3-34-19-12-24-18(11-25-19)27-21(32)29(2)14-5-4-8-30(13-14)20-23-7-6-17(26-20)28-22(33)35-16-9-15(31)10-16/h6-7,11-12,14-16,31H,3-5,8-10,13H2,1-2H3,(H,24,27,32)(H,23,26,28,33)/t14-,15?,16?/m1/s1. The molecule has 2 fully saturated rings. The molecule has 13 heteroatoms. The van der Waals surface area contributed by atoms with Crippen LogP contribution in [0.15, 0.2) is 24.7 Å². The number of ether oxygens (including phenoxy) is 2. The van der Waals surface area contributed by atoms with Gasteiger partial charge in [0.1, 0.15) is 11.9 Å². The summed E-state index contributed by atoms with van der Waals surface area (Å²) < 4.78 is 10.5. The Kier molecular flexibility index (Phi) is 7.75. The van der Waals surface area contributed by atoms with Crippen LogP contribution in [0.25, 0.3) is 0 Å². The minimum absolute atomic E-state index is 0.0744. The summed E-state index contributed by atoms with van der Waals surface area (Å²) in [4.78, 5) is 45.5. The number of aliphatic hydroxyl groups excluding tert-OH is 1. The molecule has 2 aromatic heterocycles. The molecule has 35 heavy (non-hydrogen) atoms. The lowest BCUT2D eigenvalue weighted by Crippen LogP contribution is -2.50. The number of hydrogen-bond acceptors (Lipinski definition) is 10. The van der Waals surface area contributed by atoms with Crippen molar-refractivity contribution in [2.75, 3.05) is 42.3 Å². The summed E-state index contributed by atoms with van der Waals surface area (Å²) in [6.45, 7) is 3.60. The van der Waals surface area contributed by atoms with Gasteiger partial charge in [0.15, 0.2) is 5.82 Å². The summed E-state index contributed by atoms with van der Waals surface area (Å²) in [6, 6.07) is 1.21. The van der Waals surface area contributed by atoms with E-state index in [1.54, 1.807) is 24.2 Å². The molecule has 0 unspecified atom stereocenters. The molecule has 0 aromatic carbocycles. The first-order chi connectivity index (χ1) is 16.9. The fourth-order valence-corrected chi connectivity index (χ4v) is 3.91. The van der Waals surface area contributed by atoms with Crippen molar-refractivity contribution in [1.82, 2.24) is 24.8 Å². The maximum atomic E-state index is 12.8. The van der Waals surface area contributed by atoms with Crippen LogP contribution in [0.3, 0.4) is 0 Å². The first-order valence-electron chi connectivity index (χ1n) is 11.6. The lowest BCUT2D eigenvalue weighted by atomic mass is 9.92. The van der Waals surface area contributed by atoms with Gasteiger partial charge in [0.25, 0.3) is 0 Å². The van der Waals surface area contributed by atoms with Crippen molar-refractivity contribution in [3.05, 3.63) is 24.7 Å². The maximum absolute atomic E-state index is 12.8. The molecule has 1 atom stereocenters. The van der Waals surface area contributed by atoms with E-state index in [2.05, 4.69) is 30.6 Å². The fourth-order valence-electron chi connectivity index (χ4n) is 3.91. The number of aromatic nitrogens is 4. The molecular formula is C22H30N8O5. The summed E-state index contributed by atoms with van der Waals surface area (Å²) >= 11 is 0. The van der Waals surface area contributed by atoms with Crippen molar-refractivity contribution in [2.24, 2.45) is 0 Å². The van der Waals surface area contributed by atoms with Crippen LogP contribution < -0.4 is 20.3 Å². The molecule has 1 saturated heterocycles. The van der Waals surface area contributed by atoms with Crippen LogP contribution in [0.4, 0.5) is 27.2 Å². The number of nitrogens with zero attached hydrogens (tertiary/aromatic N) is 6. The SMILES string of the molecule is CCOc1cnc(NC(=O)N(C)[C@@H]2CCCN(c3nccc(NC(=O)OC4CC(O)C4)n3)C2)cn1. The molecule has 3 N–H and O–H groups in total. The molecule has 1 aliphatic heterocycles. The zero-order valence-electron chi connectivity index (χ0n) is 19.8. The van der Waals surface area contributed by atoms with Gasteiger partial charge in [-0.15, -0.1) is 0 Å². The molecule has 1 aliphatic carbocycles. The minimum atomic E-state index is -0.614. The van der Waals surface area contributed by atoms with Gasteiger partial charge in [0, 0.05) is 39.2 Å². The number of amides is 3. The van der Waals surface area contributed by atoms with E-state index >= 15 is 0 Å².